The molecule has 1 amide bonds. The van der Waals surface area contributed by atoms with Crippen molar-refractivity contribution >= 4 is 12.1 Å². The van der Waals surface area contributed by atoms with Crippen molar-refractivity contribution in [1.29, 1.82) is 0 Å². The van der Waals surface area contributed by atoms with Crippen molar-refractivity contribution in [1.82, 2.24) is 5.32 Å². The molecular weight excluding hydrogens is 400 g/mol. The first-order valence-corrected chi connectivity index (χ1v) is 9.32. The van der Waals surface area contributed by atoms with Crippen LogP contribution in [0, 0.1) is 0 Å². The van der Waals surface area contributed by atoms with Gasteiger partial charge in [0.15, 0.2) is 5.60 Å². The lowest BCUT2D eigenvalue weighted by molar-refractivity contribution is -0.227. The highest BCUT2D eigenvalue weighted by atomic mass is 16.6. The number of azide groups is 1. The van der Waals surface area contributed by atoms with Crippen molar-refractivity contribution in [2.75, 3.05) is 13.7 Å². The molecule has 0 aromatic carbocycles. The van der Waals surface area contributed by atoms with E-state index in [-0.39, 0.29) is 12.8 Å². The lowest BCUT2D eigenvalue weighted by atomic mass is 9.82. The second-order valence-corrected chi connectivity index (χ2v) is 7.98. The number of nitrogens with one attached hydrogen (secondary N) is 1. The highest BCUT2D eigenvalue weighted by molar-refractivity contribution is 5.80. The van der Waals surface area contributed by atoms with Gasteiger partial charge in [-0.2, -0.15) is 0 Å². The number of ether oxygens (including phenoxy) is 3. The number of nitrogens with zero attached hydrogens (tertiary/aromatic N) is 3. The molecular formula is C18H30N4O8. The van der Waals surface area contributed by atoms with Crippen molar-refractivity contribution in [3.63, 3.8) is 0 Å². The molecule has 1 fully saturated rings. The summed E-state index contributed by atoms with van der Waals surface area (Å²) in [5.41, 5.74) is 5.90. The number of carbonyl (C=O) groups is 2. The Morgan fingerprint density at radius 3 is 2.60 bits per heavy atom. The first-order valence-electron chi connectivity index (χ1n) is 9.32. The van der Waals surface area contributed by atoms with Crippen LogP contribution in [-0.4, -0.2) is 82.7 Å². The Morgan fingerprint density at radius 1 is 1.47 bits per heavy atom. The Bertz CT molecular complexity index is 676. The molecule has 1 aliphatic rings. The van der Waals surface area contributed by atoms with Gasteiger partial charge in [0.1, 0.15) is 17.8 Å². The summed E-state index contributed by atoms with van der Waals surface area (Å²) < 4.78 is 15.8. The van der Waals surface area contributed by atoms with Crippen LogP contribution in [0.1, 0.15) is 33.6 Å². The highest BCUT2D eigenvalue weighted by Crippen LogP contribution is 2.36. The zero-order valence-electron chi connectivity index (χ0n) is 17.5. The van der Waals surface area contributed by atoms with Crippen LogP contribution in [0.25, 0.3) is 10.4 Å². The number of hydrogen-bond donors (Lipinski definition) is 4. The van der Waals surface area contributed by atoms with Crippen LogP contribution in [-0.2, 0) is 19.0 Å². The summed E-state index contributed by atoms with van der Waals surface area (Å²) in [6.07, 6.45) is -6.04. The molecule has 0 aromatic heterocycles. The molecule has 0 spiro atoms. The first kappa shape index (κ1) is 25.7. The number of rotatable bonds is 8. The number of hydrogen-bond acceptors (Lipinski definition) is 9. The fourth-order valence-electron chi connectivity index (χ4n) is 3.18. The fraction of sp³-hybridized carbons (Fsp3) is 0.778. The molecule has 6 atom stereocenters. The molecule has 1 saturated heterocycles. The summed E-state index contributed by atoms with van der Waals surface area (Å²) in [6, 6.07) is -1.25. The lowest BCUT2D eigenvalue weighted by Gasteiger charge is -2.47. The SMILES string of the molecule is C=CC[C@]1(C(=O)OC)C[C@H](O)[C@@H](NC(=O)OC(C)(C)C)[C@H]([C@@H](O)[C@@H](O)CN=[N+]=[N-])O1. The van der Waals surface area contributed by atoms with Crippen molar-refractivity contribution in [2.45, 2.75) is 75.3 Å². The minimum atomic E-state index is -1.74. The van der Waals surface area contributed by atoms with Crippen LogP contribution in [0.3, 0.4) is 0 Å². The Hall–Kier alpha value is -2.37. The quantitative estimate of drug-likeness (QED) is 0.141. The summed E-state index contributed by atoms with van der Waals surface area (Å²) in [5, 5.41) is 37.1. The molecule has 12 nitrogen and oxygen atoms in total. The van der Waals surface area contributed by atoms with Crippen molar-refractivity contribution in [3.8, 4) is 0 Å². The number of alkyl carbamates (subject to hydrolysis) is 1. The minimum Gasteiger partial charge on any atom is -0.467 e. The zero-order chi connectivity index (χ0) is 23.1. The van der Waals surface area contributed by atoms with Gasteiger partial charge < -0.3 is 34.8 Å². The number of methoxy groups -OCH3 is 1. The monoisotopic (exact) mass is 430 g/mol. The predicted molar refractivity (Wildman–Crippen MR) is 104 cm³/mol. The lowest BCUT2D eigenvalue weighted by Crippen LogP contribution is -2.67. The van der Waals surface area contributed by atoms with Gasteiger partial charge in [-0.3, -0.25) is 0 Å². The average molecular weight is 430 g/mol. The second kappa shape index (κ2) is 10.6. The summed E-state index contributed by atoms with van der Waals surface area (Å²) >= 11 is 0. The molecule has 0 bridgehead atoms. The maximum absolute atomic E-state index is 12.4. The largest absolute Gasteiger partial charge is 0.467 e. The van der Waals surface area contributed by atoms with E-state index in [2.05, 4.69) is 21.9 Å². The van der Waals surface area contributed by atoms with Crippen LogP contribution in [0.5, 0.6) is 0 Å². The van der Waals surface area contributed by atoms with Crippen LogP contribution >= 0.6 is 0 Å². The maximum atomic E-state index is 12.4. The van der Waals surface area contributed by atoms with E-state index in [1.807, 2.05) is 0 Å². The highest BCUT2D eigenvalue weighted by Gasteiger charge is 2.54. The molecule has 12 heteroatoms. The first-order chi connectivity index (χ1) is 13.9. The molecule has 0 unspecified atom stereocenters. The van der Waals surface area contributed by atoms with Crippen molar-refractivity contribution < 1.29 is 39.1 Å². The average Bonchev–Trinajstić information content (AvgIpc) is 2.65. The topological polar surface area (TPSA) is 183 Å². The number of aliphatic hydroxyl groups excluding tert-OH is 3. The molecule has 0 saturated carbocycles. The number of amides is 1. The summed E-state index contributed by atoms with van der Waals surface area (Å²) in [4.78, 5) is 27.2. The number of esters is 1. The van der Waals surface area contributed by atoms with Gasteiger partial charge in [0.05, 0.1) is 31.9 Å². The normalized spacial score (nSPS) is 28.4. The predicted octanol–water partition coefficient (Wildman–Crippen LogP) is 0.550. The van der Waals surface area contributed by atoms with Crippen LogP contribution in [0.15, 0.2) is 17.8 Å². The van der Waals surface area contributed by atoms with E-state index in [9.17, 15) is 24.9 Å². The third-order valence-corrected chi connectivity index (χ3v) is 4.45. The third kappa shape index (κ3) is 6.57. The van der Waals surface area contributed by atoms with E-state index >= 15 is 0 Å². The molecule has 170 valence electrons. The minimum absolute atomic E-state index is 0.0639. The van der Waals surface area contributed by atoms with E-state index in [0.29, 0.717) is 0 Å². The molecule has 30 heavy (non-hydrogen) atoms. The van der Waals surface area contributed by atoms with Crippen molar-refractivity contribution in [3.05, 3.63) is 23.1 Å². The number of aliphatic hydroxyl groups is 3. The Morgan fingerprint density at radius 2 is 2.10 bits per heavy atom. The van der Waals surface area contributed by atoms with Gasteiger partial charge in [-0.1, -0.05) is 11.2 Å². The molecule has 4 N–H and O–H groups in total. The summed E-state index contributed by atoms with van der Waals surface area (Å²) in [6.45, 7) is 7.99. The number of carbonyl (C=O) groups excluding carboxylic acids is 2. The van der Waals surface area contributed by atoms with Gasteiger partial charge in [0.25, 0.3) is 0 Å². The van der Waals surface area contributed by atoms with Crippen LogP contribution in [0.4, 0.5) is 4.79 Å². The summed E-state index contributed by atoms with van der Waals surface area (Å²) in [5.74, 6) is -0.820. The molecule has 1 aliphatic heterocycles. The zero-order valence-corrected chi connectivity index (χ0v) is 17.5. The van der Waals surface area contributed by atoms with Gasteiger partial charge in [0, 0.05) is 17.8 Å². The van der Waals surface area contributed by atoms with Gasteiger partial charge in [-0.15, -0.1) is 6.58 Å². The molecule has 1 heterocycles. The third-order valence-electron chi connectivity index (χ3n) is 4.45. The maximum Gasteiger partial charge on any atom is 0.408 e. The van der Waals surface area contributed by atoms with Gasteiger partial charge in [-0.25, -0.2) is 9.59 Å². The second-order valence-electron chi connectivity index (χ2n) is 7.98. The Balaban J connectivity index is 3.27. The molecule has 1 rings (SSSR count). The van der Waals surface area contributed by atoms with Crippen molar-refractivity contribution in [2.24, 2.45) is 5.11 Å². The van der Waals surface area contributed by atoms with E-state index < -0.39 is 60.3 Å². The van der Waals surface area contributed by atoms with Gasteiger partial charge >= 0.3 is 12.1 Å². The standard InChI is InChI=1S/C18H30N4O8/c1-6-7-18(15(26)28-5)8-10(23)12(21-16(27)30-17(2,3)4)14(29-18)13(25)11(24)9-20-22-19/h6,10-14,23-25H,1,7-9H2,2-5H3,(H,21,27)/t10-,11-,12+,13-,14+,18+/m0/s1. The van der Waals surface area contributed by atoms with E-state index in [0.717, 1.165) is 7.11 Å². The Labute approximate surface area is 174 Å². The Kier molecular flexibility index (Phi) is 9.07. The van der Waals surface area contributed by atoms with E-state index in [1.165, 1.54) is 6.08 Å². The van der Waals surface area contributed by atoms with E-state index in [4.69, 9.17) is 19.7 Å². The molecule has 0 aromatic rings. The fourth-order valence-corrected chi connectivity index (χ4v) is 3.18. The van der Waals surface area contributed by atoms with Crippen LogP contribution < -0.4 is 5.32 Å². The van der Waals surface area contributed by atoms with Crippen LogP contribution in [0.2, 0.25) is 0 Å². The van der Waals surface area contributed by atoms with E-state index in [1.54, 1.807) is 20.8 Å². The van der Waals surface area contributed by atoms with Gasteiger partial charge in [-0.05, 0) is 26.3 Å². The smallest absolute Gasteiger partial charge is 0.408 e. The summed E-state index contributed by atoms with van der Waals surface area (Å²) in [7, 11) is 1.13. The van der Waals surface area contributed by atoms with Gasteiger partial charge in [0.2, 0.25) is 0 Å². The molecule has 0 radical (unpaired) electrons. The molecule has 0 aliphatic carbocycles.